The van der Waals surface area contributed by atoms with E-state index in [9.17, 15) is 8.78 Å². The van der Waals surface area contributed by atoms with Gasteiger partial charge < -0.3 is 4.90 Å². The number of aromatic nitrogens is 2. The highest BCUT2D eigenvalue weighted by Crippen LogP contribution is 2.28. The summed E-state index contributed by atoms with van der Waals surface area (Å²) in [7, 11) is 0. The molecule has 0 saturated carbocycles. The minimum atomic E-state index is -0.791. The van der Waals surface area contributed by atoms with Crippen LogP contribution in [0.2, 0.25) is 0 Å². The van der Waals surface area contributed by atoms with E-state index in [1.807, 2.05) is 12.3 Å². The molecule has 1 aromatic carbocycles. The van der Waals surface area contributed by atoms with Gasteiger partial charge in [0.25, 0.3) is 0 Å². The molecular formula is C22H28F2N4S. The first-order valence-electron chi connectivity index (χ1n) is 10.5. The van der Waals surface area contributed by atoms with Crippen LogP contribution in [0, 0.1) is 11.6 Å². The number of benzene rings is 1. The third-order valence-corrected chi connectivity index (χ3v) is 6.65. The third kappa shape index (κ3) is 5.74. The molecular weight excluding hydrogens is 390 g/mol. The summed E-state index contributed by atoms with van der Waals surface area (Å²) in [5.41, 5.74) is 1.91. The van der Waals surface area contributed by atoms with Gasteiger partial charge in [-0.1, -0.05) is 17.8 Å². The molecule has 3 heterocycles. The van der Waals surface area contributed by atoms with Crippen molar-refractivity contribution in [3.63, 3.8) is 0 Å². The van der Waals surface area contributed by atoms with Crippen molar-refractivity contribution in [1.29, 1.82) is 0 Å². The average Bonchev–Trinajstić information content (AvgIpc) is 3.25. The Labute approximate surface area is 175 Å². The van der Waals surface area contributed by atoms with Crippen molar-refractivity contribution in [2.45, 2.75) is 43.3 Å². The van der Waals surface area contributed by atoms with Gasteiger partial charge in [-0.05, 0) is 69.1 Å². The molecule has 29 heavy (non-hydrogen) atoms. The topological polar surface area (TPSA) is 32.3 Å². The van der Waals surface area contributed by atoms with Crippen molar-refractivity contribution < 1.29 is 8.78 Å². The molecule has 0 radical (unpaired) electrons. The Morgan fingerprint density at radius 2 is 1.83 bits per heavy atom. The Kier molecular flexibility index (Phi) is 7.11. The Morgan fingerprint density at radius 1 is 1.00 bits per heavy atom. The molecule has 1 aromatic heterocycles. The summed E-state index contributed by atoms with van der Waals surface area (Å²) in [5, 5.41) is 0.861. The molecule has 2 aliphatic heterocycles. The highest BCUT2D eigenvalue weighted by atomic mass is 32.2. The largest absolute Gasteiger partial charge is 0.303 e. The number of hydrogen-bond donors (Lipinski definition) is 0. The van der Waals surface area contributed by atoms with Gasteiger partial charge >= 0.3 is 0 Å². The van der Waals surface area contributed by atoms with Gasteiger partial charge in [0.15, 0.2) is 16.8 Å². The van der Waals surface area contributed by atoms with Crippen LogP contribution in [0.5, 0.6) is 0 Å². The maximum absolute atomic E-state index is 13.5. The van der Waals surface area contributed by atoms with Crippen LogP contribution in [0.3, 0.4) is 0 Å². The lowest BCUT2D eigenvalue weighted by Gasteiger charge is -2.32. The van der Waals surface area contributed by atoms with Gasteiger partial charge in [0, 0.05) is 43.2 Å². The summed E-state index contributed by atoms with van der Waals surface area (Å²) in [6.07, 6.45) is 6.69. The Hall–Kier alpha value is -1.57. The van der Waals surface area contributed by atoms with Gasteiger partial charge in [0.1, 0.15) is 0 Å². The second-order valence-electron chi connectivity index (χ2n) is 7.98. The second kappa shape index (κ2) is 9.96. The molecule has 0 spiro atoms. The zero-order chi connectivity index (χ0) is 20.1. The second-order valence-corrected chi connectivity index (χ2v) is 9.05. The molecule has 0 amide bonds. The van der Waals surface area contributed by atoms with Crippen molar-refractivity contribution in [2.75, 3.05) is 38.5 Å². The van der Waals surface area contributed by atoms with Gasteiger partial charge in [-0.15, -0.1) is 0 Å². The van der Waals surface area contributed by atoms with Crippen LogP contribution in [0.25, 0.3) is 0 Å². The smallest absolute Gasteiger partial charge is 0.187 e. The Morgan fingerprint density at radius 3 is 2.66 bits per heavy atom. The standard InChI is InChI=1S/C22H28F2N4S/c23-19-6-5-17(14-20(19)24)15-28-11-3-4-18(16-28)21-7-8-25-22(26-21)29-13-12-27-9-1-2-10-27/h5-8,14,18H,1-4,9-13,15-16H2/t18-/m0/s1. The molecule has 2 fully saturated rings. The monoisotopic (exact) mass is 418 g/mol. The summed E-state index contributed by atoms with van der Waals surface area (Å²) in [6, 6.07) is 6.21. The molecule has 4 rings (SSSR count). The van der Waals surface area contributed by atoms with Crippen molar-refractivity contribution in [2.24, 2.45) is 0 Å². The minimum absolute atomic E-state index is 0.356. The van der Waals surface area contributed by atoms with E-state index in [1.165, 1.54) is 38.1 Å². The van der Waals surface area contributed by atoms with Gasteiger partial charge in [-0.2, -0.15) is 0 Å². The number of rotatable bonds is 7. The molecule has 0 aliphatic carbocycles. The van der Waals surface area contributed by atoms with Crippen molar-refractivity contribution >= 4 is 11.8 Å². The molecule has 0 N–H and O–H groups in total. The van der Waals surface area contributed by atoms with Gasteiger partial charge in [-0.3, -0.25) is 4.90 Å². The molecule has 4 nitrogen and oxygen atoms in total. The minimum Gasteiger partial charge on any atom is -0.303 e. The lowest BCUT2D eigenvalue weighted by Crippen LogP contribution is -2.34. The van der Waals surface area contributed by atoms with Crippen LogP contribution in [0.4, 0.5) is 8.78 Å². The number of halogens is 2. The molecule has 0 bridgehead atoms. The highest BCUT2D eigenvalue weighted by molar-refractivity contribution is 7.99. The molecule has 2 aliphatic rings. The lowest BCUT2D eigenvalue weighted by molar-refractivity contribution is 0.198. The van der Waals surface area contributed by atoms with E-state index in [4.69, 9.17) is 4.98 Å². The Balaban J connectivity index is 1.33. The molecule has 156 valence electrons. The summed E-state index contributed by atoms with van der Waals surface area (Å²) in [4.78, 5) is 14.1. The van der Waals surface area contributed by atoms with Crippen LogP contribution < -0.4 is 0 Å². The van der Waals surface area contributed by atoms with Gasteiger partial charge in [0.05, 0.1) is 0 Å². The highest BCUT2D eigenvalue weighted by Gasteiger charge is 2.23. The summed E-state index contributed by atoms with van der Waals surface area (Å²) in [6.45, 7) is 6.03. The first kappa shape index (κ1) is 20.7. The van der Waals surface area contributed by atoms with Crippen molar-refractivity contribution in [3.05, 3.63) is 53.4 Å². The summed E-state index contributed by atoms with van der Waals surface area (Å²) in [5.74, 6) is -0.186. The Bertz CT molecular complexity index is 813. The van der Waals surface area contributed by atoms with Crippen LogP contribution in [0.1, 0.15) is 42.9 Å². The van der Waals surface area contributed by atoms with Crippen molar-refractivity contribution in [1.82, 2.24) is 19.8 Å². The summed E-state index contributed by atoms with van der Waals surface area (Å²) >= 11 is 1.74. The van der Waals surface area contributed by atoms with E-state index >= 15 is 0 Å². The average molecular weight is 419 g/mol. The fraction of sp³-hybridized carbons (Fsp3) is 0.545. The third-order valence-electron chi connectivity index (χ3n) is 5.81. The van der Waals surface area contributed by atoms with Crippen LogP contribution >= 0.6 is 11.8 Å². The molecule has 2 aromatic rings. The van der Waals surface area contributed by atoms with Crippen LogP contribution in [-0.4, -0.2) is 58.2 Å². The zero-order valence-electron chi connectivity index (χ0n) is 16.7. The van der Waals surface area contributed by atoms with Crippen LogP contribution in [-0.2, 0) is 6.54 Å². The lowest BCUT2D eigenvalue weighted by atomic mass is 9.94. The maximum atomic E-state index is 13.5. The summed E-state index contributed by atoms with van der Waals surface area (Å²) < 4.78 is 26.7. The normalized spacial score (nSPS) is 21.0. The quantitative estimate of drug-likeness (QED) is 0.494. The van der Waals surface area contributed by atoms with E-state index in [0.717, 1.165) is 54.6 Å². The predicted octanol–water partition coefficient (Wildman–Crippen LogP) is 4.32. The van der Waals surface area contributed by atoms with E-state index in [-0.39, 0.29) is 0 Å². The maximum Gasteiger partial charge on any atom is 0.187 e. The molecule has 7 heteroatoms. The van der Waals surface area contributed by atoms with Crippen LogP contribution in [0.15, 0.2) is 35.6 Å². The predicted molar refractivity (Wildman–Crippen MR) is 112 cm³/mol. The van der Waals surface area contributed by atoms with E-state index in [1.54, 1.807) is 17.8 Å². The molecule has 0 unspecified atom stereocenters. The fourth-order valence-corrected chi connectivity index (χ4v) is 5.10. The number of thioether (sulfide) groups is 1. The van der Waals surface area contributed by atoms with E-state index < -0.39 is 11.6 Å². The van der Waals surface area contributed by atoms with Gasteiger partial charge in [-0.25, -0.2) is 18.7 Å². The van der Waals surface area contributed by atoms with Gasteiger partial charge in [0.2, 0.25) is 0 Å². The first-order valence-corrected chi connectivity index (χ1v) is 11.5. The number of likely N-dealkylation sites (tertiary alicyclic amines) is 2. The fourth-order valence-electron chi connectivity index (χ4n) is 4.26. The zero-order valence-corrected chi connectivity index (χ0v) is 17.5. The molecule has 2 saturated heterocycles. The number of piperidine rings is 1. The number of hydrogen-bond acceptors (Lipinski definition) is 5. The first-order chi connectivity index (χ1) is 14.2. The number of nitrogens with zero attached hydrogens (tertiary/aromatic N) is 4. The van der Waals surface area contributed by atoms with E-state index in [0.29, 0.717) is 12.5 Å². The molecule has 1 atom stereocenters. The van der Waals surface area contributed by atoms with Crippen molar-refractivity contribution in [3.8, 4) is 0 Å². The van der Waals surface area contributed by atoms with E-state index in [2.05, 4.69) is 14.8 Å². The SMILES string of the molecule is Fc1ccc(CN2CCC[C@H](c3ccnc(SCCN4CCCC4)n3)C2)cc1F.